The lowest BCUT2D eigenvalue weighted by Crippen LogP contribution is -2.34. The van der Waals surface area contributed by atoms with E-state index in [1.54, 1.807) is 0 Å². The third kappa shape index (κ3) is 1.51. The molecule has 2 heterocycles. The number of imide groups is 1. The number of nitrogens with zero attached hydrogens (tertiary/aromatic N) is 3. The lowest BCUT2D eigenvalue weighted by Gasteiger charge is -2.32. The number of carbonyl (C=O) groups excluding carboxylic acids is 2. The average Bonchev–Trinajstić information content (AvgIpc) is 2.97. The Morgan fingerprint density at radius 2 is 1.74 bits per heavy atom. The van der Waals surface area contributed by atoms with Crippen LogP contribution in [0, 0.1) is 23.2 Å². The van der Waals surface area contributed by atoms with E-state index in [-0.39, 0.29) is 17.7 Å². The quantitative estimate of drug-likeness (QED) is 0.700. The van der Waals surface area contributed by atoms with Gasteiger partial charge in [-0.2, -0.15) is 5.26 Å². The summed E-state index contributed by atoms with van der Waals surface area (Å²) < 4.78 is 2.08. The van der Waals surface area contributed by atoms with Crippen LogP contribution < -0.4 is 0 Å². The van der Waals surface area contributed by atoms with Crippen LogP contribution >= 0.6 is 0 Å². The number of benzene rings is 1. The van der Waals surface area contributed by atoms with Crippen molar-refractivity contribution in [2.75, 3.05) is 7.05 Å². The number of nitriles is 1. The molecule has 0 N–H and O–H groups in total. The zero-order chi connectivity index (χ0) is 16.5. The van der Waals surface area contributed by atoms with E-state index in [0.29, 0.717) is 0 Å². The van der Waals surface area contributed by atoms with E-state index in [0.717, 1.165) is 22.2 Å². The van der Waals surface area contributed by atoms with Crippen molar-refractivity contribution < 1.29 is 9.59 Å². The summed E-state index contributed by atoms with van der Waals surface area (Å²) in [5.41, 5.74) is 2.98. The number of rotatable bonds is 0. The van der Waals surface area contributed by atoms with Crippen molar-refractivity contribution in [3.63, 3.8) is 0 Å². The molecule has 1 saturated heterocycles. The second-order valence-electron chi connectivity index (χ2n) is 6.56. The highest BCUT2D eigenvalue weighted by atomic mass is 16.2. The standard InChI is InChI=1S/C18H17N3O2/c1-9-13-15(18(23)21(3)17(13)22)11(8-19)14-10-6-4-5-7-12(10)20(2)16(9)14/h4-7,9,11,13,15H,1-3H3/t9-,11+,13-,15+/m1/s1. The summed E-state index contributed by atoms with van der Waals surface area (Å²) in [6, 6.07) is 10.2. The Kier molecular flexibility index (Phi) is 2.71. The van der Waals surface area contributed by atoms with Gasteiger partial charge in [-0.1, -0.05) is 25.1 Å². The van der Waals surface area contributed by atoms with E-state index < -0.39 is 17.8 Å². The van der Waals surface area contributed by atoms with Crippen LogP contribution in [0.3, 0.4) is 0 Å². The van der Waals surface area contributed by atoms with Crippen LogP contribution in [-0.2, 0) is 16.6 Å². The molecule has 4 atom stereocenters. The number of hydrogen-bond donors (Lipinski definition) is 0. The molecule has 0 radical (unpaired) electrons. The van der Waals surface area contributed by atoms with E-state index in [2.05, 4.69) is 10.6 Å². The molecule has 5 heteroatoms. The van der Waals surface area contributed by atoms with Crippen LogP contribution in [0.1, 0.15) is 30.0 Å². The van der Waals surface area contributed by atoms with Gasteiger partial charge in [-0.15, -0.1) is 0 Å². The molecule has 1 aliphatic carbocycles. The van der Waals surface area contributed by atoms with Crippen molar-refractivity contribution in [1.82, 2.24) is 9.47 Å². The first-order valence-corrected chi connectivity index (χ1v) is 7.77. The van der Waals surface area contributed by atoms with Crippen molar-refractivity contribution in [2.24, 2.45) is 18.9 Å². The van der Waals surface area contributed by atoms with Crippen LogP contribution in [0.25, 0.3) is 10.9 Å². The second-order valence-corrected chi connectivity index (χ2v) is 6.56. The number of hydrogen-bond acceptors (Lipinski definition) is 3. The number of aromatic nitrogens is 1. The number of amides is 2. The smallest absolute Gasteiger partial charge is 0.234 e. The molecule has 23 heavy (non-hydrogen) atoms. The Labute approximate surface area is 134 Å². The van der Waals surface area contributed by atoms with Crippen molar-refractivity contribution in [3.05, 3.63) is 35.5 Å². The van der Waals surface area contributed by atoms with E-state index in [1.807, 2.05) is 38.2 Å². The SMILES string of the molecule is C[C@H]1c2c(c3ccccc3n2C)[C@H](C#N)[C@@H]2C(=O)N(C)C(=O)[C@@H]21. The van der Waals surface area contributed by atoms with Gasteiger partial charge in [0.05, 0.1) is 23.8 Å². The first kappa shape index (κ1) is 14.0. The summed E-state index contributed by atoms with van der Waals surface area (Å²) in [6.07, 6.45) is 0. The molecule has 1 aliphatic heterocycles. The molecule has 0 saturated carbocycles. The fourth-order valence-electron chi connectivity index (χ4n) is 4.55. The zero-order valence-corrected chi connectivity index (χ0v) is 13.3. The van der Waals surface area contributed by atoms with E-state index in [4.69, 9.17) is 0 Å². The molecule has 2 aromatic rings. The molecule has 2 amide bonds. The third-order valence-corrected chi connectivity index (χ3v) is 5.59. The number of fused-ring (bicyclic) bond motifs is 4. The molecule has 5 nitrogen and oxygen atoms in total. The van der Waals surface area contributed by atoms with E-state index in [1.165, 1.54) is 11.9 Å². The fraction of sp³-hybridized carbons (Fsp3) is 0.389. The summed E-state index contributed by atoms with van der Waals surface area (Å²) in [5, 5.41) is 10.8. The molecule has 2 aliphatic rings. The van der Waals surface area contributed by atoms with Gasteiger partial charge >= 0.3 is 0 Å². The van der Waals surface area contributed by atoms with E-state index in [9.17, 15) is 14.9 Å². The molecule has 1 fully saturated rings. The second kappa shape index (κ2) is 4.45. The van der Waals surface area contributed by atoms with Crippen LogP contribution in [0.15, 0.2) is 24.3 Å². The van der Waals surface area contributed by atoms with Crippen LogP contribution in [0.2, 0.25) is 0 Å². The maximum absolute atomic E-state index is 12.6. The van der Waals surface area contributed by atoms with Gasteiger partial charge in [0, 0.05) is 36.6 Å². The summed E-state index contributed by atoms with van der Waals surface area (Å²) in [6.45, 7) is 1.99. The maximum atomic E-state index is 12.6. The van der Waals surface area contributed by atoms with E-state index >= 15 is 0 Å². The highest BCUT2D eigenvalue weighted by Crippen LogP contribution is 2.52. The van der Waals surface area contributed by atoms with Crippen molar-refractivity contribution in [1.29, 1.82) is 5.26 Å². The van der Waals surface area contributed by atoms with Gasteiger partial charge in [0.15, 0.2) is 0 Å². The van der Waals surface area contributed by atoms with Gasteiger partial charge in [0.1, 0.15) is 0 Å². The minimum atomic E-state index is -0.571. The fourth-order valence-corrected chi connectivity index (χ4v) is 4.55. The lowest BCUT2D eigenvalue weighted by atomic mass is 9.67. The number of para-hydroxylation sites is 1. The highest BCUT2D eigenvalue weighted by molar-refractivity contribution is 6.07. The first-order valence-electron chi connectivity index (χ1n) is 7.77. The number of aryl methyl sites for hydroxylation is 1. The predicted octanol–water partition coefficient (Wildman–Crippen LogP) is 2.13. The van der Waals surface area contributed by atoms with Gasteiger partial charge in [-0.25, -0.2) is 0 Å². The van der Waals surface area contributed by atoms with Crippen LogP contribution in [0.4, 0.5) is 0 Å². The van der Waals surface area contributed by atoms with Gasteiger partial charge in [-0.3, -0.25) is 14.5 Å². The van der Waals surface area contributed by atoms with Gasteiger partial charge < -0.3 is 4.57 Å². The molecular formula is C18H17N3O2. The molecular weight excluding hydrogens is 290 g/mol. The van der Waals surface area contributed by atoms with Crippen molar-refractivity contribution >= 4 is 22.7 Å². The third-order valence-electron chi connectivity index (χ3n) is 5.59. The molecule has 0 unspecified atom stereocenters. The Morgan fingerprint density at radius 3 is 2.43 bits per heavy atom. The lowest BCUT2D eigenvalue weighted by molar-refractivity contribution is -0.138. The molecule has 4 rings (SSSR count). The molecule has 0 bridgehead atoms. The molecule has 1 aromatic carbocycles. The molecule has 116 valence electrons. The largest absolute Gasteiger partial charge is 0.347 e. The summed E-state index contributed by atoms with van der Waals surface area (Å²) >= 11 is 0. The highest BCUT2D eigenvalue weighted by Gasteiger charge is 2.57. The summed E-state index contributed by atoms with van der Waals surface area (Å²) in [7, 11) is 3.49. The van der Waals surface area contributed by atoms with Crippen LogP contribution in [0.5, 0.6) is 0 Å². The summed E-state index contributed by atoms with van der Waals surface area (Å²) in [5.74, 6) is -2.05. The maximum Gasteiger partial charge on any atom is 0.234 e. The normalized spacial score (nSPS) is 29.6. The number of carbonyl (C=O) groups is 2. The summed E-state index contributed by atoms with van der Waals surface area (Å²) in [4.78, 5) is 26.3. The Bertz CT molecular complexity index is 905. The Morgan fingerprint density at radius 1 is 1.09 bits per heavy atom. The van der Waals surface area contributed by atoms with Crippen molar-refractivity contribution in [3.8, 4) is 6.07 Å². The van der Waals surface area contributed by atoms with Crippen LogP contribution in [-0.4, -0.2) is 28.3 Å². The minimum Gasteiger partial charge on any atom is -0.347 e. The zero-order valence-electron chi connectivity index (χ0n) is 13.3. The first-order chi connectivity index (χ1) is 11.0. The van der Waals surface area contributed by atoms with Gasteiger partial charge in [0.25, 0.3) is 0 Å². The molecule has 1 aromatic heterocycles. The minimum absolute atomic E-state index is 0.0848. The average molecular weight is 307 g/mol. The van der Waals surface area contributed by atoms with Gasteiger partial charge in [0.2, 0.25) is 11.8 Å². The topological polar surface area (TPSA) is 66.1 Å². The van der Waals surface area contributed by atoms with Crippen molar-refractivity contribution in [2.45, 2.75) is 18.8 Å². The Hall–Kier alpha value is -2.61. The molecule has 0 spiro atoms. The monoisotopic (exact) mass is 307 g/mol. The van der Waals surface area contributed by atoms with Gasteiger partial charge in [-0.05, 0) is 11.6 Å². The Balaban J connectivity index is 2.07. The number of likely N-dealkylation sites (tertiary alicyclic amines) is 1. The predicted molar refractivity (Wildman–Crippen MR) is 84.4 cm³/mol.